The van der Waals surface area contributed by atoms with Gasteiger partial charge in [-0.2, -0.15) is 13.2 Å². The number of hydrogen-bond donors (Lipinski definition) is 3. The molecule has 190 valence electrons. The fourth-order valence-corrected chi connectivity index (χ4v) is 4.93. The summed E-state index contributed by atoms with van der Waals surface area (Å²) in [6.07, 6.45) is -2.13. The molecule has 0 spiro atoms. The van der Waals surface area contributed by atoms with Gasteiger partial charge in [0, 0.05) is 39.4 Å². The van der Waals surface area contributed by atoms with E-state index in [-0.39, 0.29) is 27.1 Å². The van der Waals surface area contributed by atoms with Crippen LogP contribution in [0.15, 0.2) is 46.1 Å². The van der Waals surface area contributed by atoms with Crippen LogP contribution in [0.1, 0.15) is 31.7 Å². The lowest BCUT2D eigenvalue weighted by molar-refractivity contribution is -0.137. The minimum Gasteiger partial charge on any atom is -0.496 e. The number of nitrogens with one attached hydrogen (secondary N) is 2. The normalized spacial score (nSPS) is 12.8. The van der Waals surface area contributed by atoms with Crippen molar-refractivity contribution in [1.82, 2.24) is 10.3 Å². The first kappa shape index (κ1) is 27.4. The zero-order valence-corrected chi connectivity index (χ0v) is 21.0. The molecule has 10 heteroatoms. The largest absolute Gasteiger partial charge is 0.496 e. The highest BCUT2D eigenvalue weighted by Gasteiger charge is 2.31. The summed E-state index contributed by atoms with van der Waals surface area (Å²) in [6, 6.07) is 7.94. The van der Waals surface area contributed by atoms with Crippen LogP contribution < -0.4 is 15.6 Å². The van der Waals surface area contributed by atoms with E-state index in [1.807, 2.05) is 0 Å². The summed E-state index contributed by atoms with van der Waals surface area (Å²) in [6.45, 7) is 3.23. The van der Waals surface area contributed by atoms with E-state index in [0.29, 0.717) is 22.9 Å². The van der Waals surface area contributed by atoms with Gasteiger partial charge in [-0.05, 0) is 49.4 Å². The molecule has 0 saturated heterocycles. The topological polar surface area (TPSA) is 74.3 Å². The number of pyridine rings is 1. The lowest BCUT2D eigenvalue weighted by Gasteiger charge is -2.18. The van der Waals surface area contributed by atoms with Crippen molar-refractivity contribution in [3.63, 3.8) is 0 Å². The van der Waals surface area contributed by atoms with Gasteiger partial charge < -0.3 is 20.1 Å². The van der Waals surface area contributed by atoms with Crippen molar-refractivity contribution in [2.45, 2.75) is 43.4 Å². The van der Waals surface area contributed by atoms with Crippen LogP contribution in [-0.2, 0) is 6.18 Å². The monoisotopic (exact) mass is 528 g/mol. The number of aromatic nitrogens is 1. The Balaban J connectivity index is 2.07. The van der Waals surface area contributed by atoms with Crippen LogP contribution in [-0.4, -0.2) is 42.1 Å². The second kappa shape index (κ2) is 12.2. The maximum Gasteiger partial charge on any atom is 0.416 e. The molecule has 0 radical (unpaired) electrons. The highest BCUT2D eigenvalue weighted by molar-refractivity contribution is 7.99. The van der Waals surface area contributed by atoms with Gasteiger partial charge in [0.1, 0.15) is 5.75 Å². The number of H-pyrrole nitrogens is 1. The van der Waals surface area contributed by atoms with Gasteiger partial charge in [0.2, 0.25) is 0 Å². The van der Waals surface area contributed by atoms with E-state index in [4.69, 9.17) is 16.3 Å². The number of hydrogen-bond acceptors (Lipinski definition) is 5. The lowest BCUT2D eigenvalue weighted by atomic mass is 9.98. The molecule has 3 aromatic rings. The van der Waals surface area contributed by atoms with Crippen LogP contribution in [0.2, 0.25) is 5.02 Å². The Morgan fingerprint density at radius 3 is 2.66 bits per heavy atom. The lowest BCUT2D eigenvalue weighted by Crippen LogP contribution is -2.29. The molecule has 3 N–H and O–H groups in total. The van der Waals surface area contributed by atoms with E-state index in [1.54, 1.807) is 18.2 Å². The molecule has 0 fully saturated rings. The van der Waals surface area contributed by atoms with Gasteiger partial charge in [0.05, 0.1) is 23.7 Å². The van der Waals surface area contributed by atoms with Crippen LogP contribution in [0.4, 0.5) is 13.2 Å². The van der Waals surface area contributed by atoms with Gasteiger partial charge in [0.15, 0.2) is 0 Å². The van der Waals surface area contributed by atoms with Crippen LogP contribution in [0.3, 0.4) is 0 Å². The molecular weight excluding hydrogens is 501 g/mol. The average Bonchev–Trinajstić information content (AvgIpc) is 2.81. The Bertz CT molecular complexity index is 1220. The number of unbranched alkanes of at least 4 members (excludes halogenated alkanes) is 2. The number of alkyl halides is 3. The van der Waals surface area contributed by atoms with Crippen LogP contribution in [0.25, 0.3) is 22.0 Å². The minimum atomic E-state index is -4.56. The van der Waals surface area contributed by atoms with Crippen molar-refractivity contribution in [3.8, 4) is 16.9 Å². The molecule has 0 aliphatic heterocycles. The molecule has 0 saturated carbocycles. The number of methoxy groups -OCH3 is 1. The van der Waals surface area contributed by atoms with E-state index >= 15 is 0 Å². The van der Waals surface area contributed by atoms with E-state index < -0.39 is 23.4 Å². The number of rotatable bonds is 11. The van der Waals surface area contributed by atoms with E-state index in [1.165, 1.54) is 13.2 Å². The van der Waals surface area contributed by atoms with E-state index in [9.17, 15) is 23.1 Å². The van der Waals surface area contributed by atoms with Crippen molar-refractivity contribution < 1.29 is 23.0 Å². The third kappa shape index (κ3) is 6.94. The standard InChI is InChI=1S/C25H28ClF3N2O3S/c1-3-4-5-10-30-13-17(32)14-35-23-22(19-12-16(26)7-9-21(19)34-2)18-11-15(25(27,28)29)6-8-20(18)31-24(23)33/h6-9,11-12,17,30,32H,3-5,10,13-14H2,1-2H3,(H,31,33). The molecule has 1 atom stereocenters. The number of aliphatic hydroxyl groups excluding tert-OH is 1. The Kier molecular flexibility index (Phi) is 9.52. The summed E-state index contributed by atoms with van der Waals surface area (Å²) in [5.74, 6) is 0.531. The zero-order valence-electron chi connectivity index (χ0n) is 19.5. The van der Waals surface area contributed by atoms with Crippen LogP contribution in [0.5, 0.6) is 5.75 Å². The molecule has 1 aromatic heterocycles. The summed E-state index contributed by atoms with van der Waals surface area (Å²) in [5, 5.41) is 14.2. The number of fused-ring (bicyclic) bond motifs is 1. The highest BCUT2D eigenvalue weighted by atomic mass is 35.5. The van der Waals surface area contributed by atoms with Crippen molar-refractivity contribution >= 4 is 34.3 Å². The molecule has 35 heavy (non-hydrogen) atoms. The first-order chi connectivity index (χ1) is 16.7. The first-order valence-corrected chi connectivity index (χ1v) is 12.6. The summed E-state index contributed by atoms with van der Waals surface area (Å²) >= 11 is 7.30. The summed E-state index contributed by atoms with van der Waals surface area (Å²) in [5.41, 5.74) is -0.385. The molecule has 0 aliphatic carbocycles. The molecule has 3 rings (SSSR count). The fraction of sp³-hybridized carbons (Fsp3) is 0.400. The van der Waals surface area contributed by atoms with E-state index in [0.717, 1.165) is 49.7 Å². The predicted octanol–water partition coefficient (Wildman–Crippen LogP) is 6.11. The Morgan fingerprint density at radius 2 is 1.97 bits per heavy atom. The molecular formula is C25H28ClF3N2O3S. The first-order valence-electron chi connectivity index (χ1n) is 11.3. The highest BCUT2D eigenvalue weighted by Crippen LogP contribution is 2.42. The number of benzene rings is 2. The van der Waals surface area contributed by atoms with Crippen molar-refractivity contribution in [2.24, 2.45) is 0 Å². The molecule has 2 aromatic carbocycles. The molecule has 1 unspecified atom stereocenters. The van der Waals surface area contributed by atoms with Gasteiger partial charge in [-0.1, -0.05) is 31.4 Å². The van der Waals surface area contributed by atoms with Gasteiger partial charge in [-0.15, -0.1) is 11.8 Å². The van der Waals surface area contributed by atoms with Gasteiger partial charge in [-0.3, -0.25) is 4.79 Å². The maximum absolute atomic E-state index is 13.5. The Hall–Kier alpha value is -2.20. The molecule has 1 heterocycles. The van der Waals surface area contributed by atoms with Crippen molar-refractivity contribution in [2.75, 3.05) is 26.0 Å². The summed E-state index contributed by atoms with van der Waals surface area (Å²) in [4.78, 5) is 15.9. The summed E-state index contributed by atoms with van der Waals surface area (Å²) < 4.78 is 46.0. The number of halogens is 4. The molecule has 5 nitrogen and oxygen atoms in total. The quantitative estimate of drug-likeness (QED) is 0.207. The number of aromatic amines is 1. The summed E-state index contributed by atoms with van der Waals surface area (Å²) in [7, 11) is 1.43. The smallest absolute Gasteiger partial charge is 0.416 e. The van der Waals surface area contributed by atoms with Gasteiger partial charge in [0.25, 0.3) is 5.56 Å². The molecule has 0 bridgehead atoms. The molecule has 0 aliphatic rings. The van der Waals surface area contributed by atoms with Crippen LogP contribution in [0, 0.1) is 0 Å². The molecule has 0 amide bonds. The predicted molar refractivity (Wildman–Crippen MR) is 136 cm³/mol. The van der Waals surface area contributed by atoms with Crippen molar-refractivity contribution in [1.29, 1.82) is 0 Å². The second-order valence-corrected chi connectivity index (χ2v) is 9.60. The number of ether oxygens (including phenoxy) is 1. The zero-order chi connectivity index (χ0) is 25.6. The van der Waals surface area contributed by atoms with Crippen molar-refractivity contribution in [3.05, 3.63) is 57.3 Å². The van der Waals surface area contributed by atoms with Crippen LogP contribution >= 0.6 is 23.4 Å². The minimum absolute atomic E-state index is 0.171. The average molecular weight is 529 g/mol. The van der Waals surface area contributed by atoms with Gasteiger partial charge >= 0.3 is 6.18 Å². The Labute approximate surface area is 211 Å². The van der Waals surface area contributed by atoms with Gasteiger partial charge in [-0.25, -0.2) is 0 Å². The third-order valence-electron chi connectivity index (χ3n) is 5.49. The number of thioether (sulfide) groups is 1. The maximum atomic E-state index is 13.5. The SMILES string of the molecule is CCCCCNCC(O)CSc1c(-c2cc(Cl)ccc2OC)c2cc(C(F)(F)F)ccc2[nH]c1=O. The van der Waals surface area contributed by atoms with E-state index in [2.05, 4.69) is 17.2 Å². The number of aliphatic hydroxyl groups is 1. The fourth-order valence-electron chi connectivity index (χ4n) is 3.74. The third-order valence-corrected chi connectivity index (χ3v) is 6.95. The Morgan fingerprint density at radius 1 is 1.20 bits per heavy atom. The second-order valence-electron chi connectivity index (χ2n) is 8.14.